The van der Waals surface area contributed by atoms with Crippen molar-refractivity contribution >= 4 is 22.4 Å². The first-order valence-electron chi connectivity index (χ1n) is 7.70. The zero-order chi connectivity index (χ0) is 15.8. The Morgan fingerprint density at radius 3 is 2.73 bits per heavy atom. The molecule has 0 aliphatic rings. The lowest BCUT2D eigenvalue weighted by atomic mass is 10.1. The molecule has 2 rings (SSSR count). The molecule has 118 valence electrons. The zero-order valence-corrected chi connectivity index (χ0v) is 14.0. The molecule has 0 saturated carbocycles. The zero-order valence-electron chi connectivity index (χ0n) is 13.2. The number of anilines is 1. The van der Waals surface area contributed by atoms with Crippen LogP contribution in [0.2, 0.25) is 0 Å². The number of nitrogens with one attached hydrogen (secondary N) is 1. The van der Waals surface area contributed by atoms with Gasteiger partial charge in [0.05, 0.1) is 0 Å². The van der Waals surface area contributed by atoms with E-state index in [4.69, 9.17) is 0 Å². The molecule has 0 aromatic carbocycles. The summed E-state index contributed by atoms with van der Waals surface area (Å²) in [6.07, 6.45) is 7.35. The molecule has 0 unspecified atom stereocenters. The first-order chi connectivity index (χ1) is 10.6. The summed E-state index contributed by atoms with van der Waals surface area (Å²) < 4.78 is 2.13. The minimum atomic E-state index is 0.0188. The summed E-state index contributed by atoms with van der Waals surface area (Å²) in [5.74, 6) is 0.567. The van der Waals surface area contributed by atoms with E-state index < -0.39 is 0 Å². The van der Waals surface area contributed by atoms with Crippen LogP contribution in [0.15, 0.2) is 30.6 Å². The maximum atomic E-state index is 11.9. The van der Waals surface area contributed by atoms with Gasteiger partial charge in [-0.05, 0) is 12.3 Å². The number of nitrogens with zero attached hydrogens (tertiary/aromatic N) is 3. The van der Waals surface area contributed by atoms with E-state index in [-0.39, 0.29) is 5.91 Å². The Labute approximate surface area is 135 Å². The Hall–Kier alpha value is -1.82. The van der Waals surface area contributed by atoms with Crippen molar-refractivity contribution < 1.29 is 9.36 Å². The molecule has 1 amide bonds. The molecule has 0 spiro atoms. The Bertz CT molecular complexity index is 583. The van der Waals surface area contributed by atoms with E-state index in [1.54, 1.807) is 0 Å². The van der Waals surface area contributed by atoms with Crippen molar-refractivity contribution in [1.29, 1.82) is 0 Å². The van der Waals surface area contributed by atoms with Gasteiger partial charge in [-0.2, -0.15) is 0 Å². The fraction of sp³-hybridized carbons (Fsp3) is 0.500. The second-order valence-electron chi connectivity index (χ2n) is 5.72. The second-order valence-corrected chi connectivity index (χ2v) is 6.78. The molecule has 0 saturated heterocycles. The molecule has 5 nitrogen and oxygen atoms in total. The van der Waals surface area contributed by atoms with Gasteiger partial charge in [0.2, 0.25) is 11.0 Å². The lowest BCUT2D eigenvalue weighted by molar-refractivity contribution is -0.697. The minimum absolute atomic E-state index is 0.0188. The van der Waals surface area contributed by atoms with Crippen LogP contribution < -0.4 is 9.88 Å². The molecule has 2 aromatic rings. The van der Waals surface area contributed by atoms with E-state index in [1.165, 1.54) is 11.3 Å². The van der Waals surface area contributed by atoms with Crippen molar-refractivity contribution in [2.24, 2.45) is 5.92 Å². The van der Waals surface area contributed by atoms with Gasteiger partial charge in [-0.25, -0.2) is 4.57 Å². The van der Waals surface area contributed by atoms with E-state index in [0.29, 0.717) is 17.5 Å². The number of carbonyl (C=O) groups is 1. The van der Waals surface area contributed by atoms with Crippen molar-refractivity contribution in [3.8, 4) is 0 Å². The summed E-state index contributed by atoms with van der Waals surface area (Å²) in [5.41, 5.74) is 0. The van der Waals surface area contributed by atoms with E-state index in [0.717, 1.165) is 30.8 Å². The summed E-state index contributed by atoms with van der Waals surface area (Å²) in [7, 11) is 0. The van der Waals surface area contributed by atoms with Gasteiger partial charge >= 0.3 is 0 Å². The number of amides is 1. The van der Waals surface area contributed by atoms with E-state index in [1.807, 2.05) is 30.6 Å². The molecule has 0 radical (unpaired) electrons. The fourth-order valence-electron chi connectivity index (χ4n) is 2.08. The molecular formula is C16H23N4OS+. The standard InChI is InChI=1S/C16H22N4OS/c1-13(2)12-15-18-19-16(22-15)17-14(21)8-4-7-11-20-9-5-3-6-10-20/h3,5-6,9-10,13H,4,7-8,11-12H2,1-2H3/p+1. The number of hydrogen-bond acceptors (Lipinski definition) is 4. The average Bonchev–Trinajstić information content (AvgIpc) is 2.91. The van der Waals surface area contributed by atoms with Crippen LogP contribution in [0.25, 0.3) is 0 Å². The monoisotopic (exact) mass is 319 g/mol. The predicted molar refractivity (Wildman–Crippen MR) is 87.6 cm³/mol. The van der Waals surface area contributed by atoms with Crippen LogP contribution in [-0.2, 0) is 17.8 Å². The van der Waals surface area contributed by atoms with Crippen LogP contribution >= 0.6 is 11.3 Å². The maximum Gasteiger partial charge on any atom is 0.226 e. The highest BCUT2D eigenvalue weighted by Gasteiger charge is 2.09. The van der Waals surface area contributed by atoms with Crippen LogP contribution in [0.1, 0.15) is 38.1 Å². The van der Waals surface area contributed by atoms with Gasteiger partial charge in [0.15, 0.2) is 12.4 Å². The van der Waals surface area contributed by atoms with Crippen LogP contribution in [0.4, 0.5) is 5.13 Å². The van der Waals surface area contributed by atoms with Crippen molar-refractivity contribution in [3.63, 3.8) is 0 Å². The quantitative estimate of drug-likeness (QED) is 0.601. The van der Waals surface area contributed by atoms with Crippen LogP contribution in [-0.4, -0.2) is 16.1 Å². The van der Waals surface area contributed by atoms with E-state index in [9.17, 15) is 4.79 Å². The number of unbranched alkanes of at least 4 members (excludes halogenated alkanes) is 1. The van der Waals surface area contributed by atoms with E-state index in [2.05, 4.69) is 33.9 Å². The van der Waals surface area contributed by atoms with Crippen molar-refractivity contribution in [3.05, 3.63) is 35.6 Å². The molecule has 0 bridgehead atoms. The number of aromatic nitrogens is 3. The second kappa shape index (κ2) is 8.58. The topological polar surface area (TPSA) is 58.8 Å². The van der Waals surface area contributed by atoms with Crippen molar-refractivity contribution in [2.45, 2.75) is 46.1 Å². The highest BCUT2D eigenvalue weighted by Crippen LogP contribution is 2.18. The minimum Gasteiger partial charge on any atom is -0.301 e. The number of aryl methyl sites for hydroxylation is 1. The highest BCUT2D eigenvalue weighted by molar-refractivity contribution is 7.15. The SMILES string of the molecule is CC(C)Cc1nnc(NC(=O)CCCC[n+]2ccccc2)s1. The number of hydrogen-bond donors (Lipinski definition) is 1. The predicted octanol–water partition coefficient (Wildman–Crippen LogP) is 2.83. The summed E-state index contributed by atoms with van der Waals surface area (Å²) in [5, 5.41) is 12.5. The smallest absolute Gasteiger partial charge is 0.226 e. The normalized spacial score (nSPS) is 10.9. The molecule has 22 heavy (non-hydrogen) atoms. The van der Waals surface area contributed by atoms with Crippen molar-refractivity contribution in [1.82, 2.24) is 10.2 Å². The first-order valence-corrected chi connectivity index (χ1v) is 8.51. The van der Waals surface area contributed by atoms with Crippen LogP contribution in [0.3, 0.4) is 0 Å². The molecule has 1 N–H and O–H groups in total. The van der Waals surface area contributed by atoms with Gasteiger partial charge < -0.3 is 5.32 Å². The third kappa shape index (κ3) is 5.89. The molecule has 0 atom stereocenters. The highest BCUT2D eigenvalue weighted by atomic mass is 32.1. The molecular weight excluding hydrogens is 296 g/mol. The Morgan fingerprint density at radius 1 is 1.23 bits per heavy atom. The lowest BCUT2D eigenvalue weighted by Gasteiger charge is -2.00. The first kappa shape index (κ1) is 16.5. The summed E-state index contributed by atoms with van der Waals surface area (Å²) in [6, 6.07) is 6.02. The maximum absolute atomic E-state index is 11.9. The van der Waals surface area contributed by atoms with Gasteiger partial charge in [-0.15, -0.1) is 10.2 Å². The lowest BCUT2D eigenvalue weighted by Crippen LogP contribution is -2.32. The summed E-state index contributed by atoms with van der Waals surface area (Å²) >= 11 is 1.47. The summed E-state index contributed by atoms with van der Waals surface area (Å²) in [6.45, 7) is 5.22. The molecule has 0 aliphatic carbocycles. The number of rotatable bonds is 8. The number of pyridine rings is 1. The van der Waals surface area contributed by atoms with Gasteiger partial charge in [-0.3, -0.25) is 4.79 Å². The Kier molecular flexibility index (Phi) is 6.45. The summed E-state index contributed by atoms with van der Waals surface area (Å²) in [4.78, 5) is 11.9. The molecule has 0 fully saturated rings. The molecule has 2 heterocycles. The molecule has 0 aliphatic heterocycles. The average molecular weight is 319 g/mol. The third-order valence-corrected chi connectivity index (χ3v) is 4.00. The van der Waals surface area contributed by atoms with Crippen molar-refractivity contribution in [2.75, 3.05) is 5.32 Å². The van der Waals surface area contributed by atoms with Crippen LogP contribution in [0, 0.1) is 5.92 Å². The van der Waals surface area contributed by atoms with Gasteiger partial charge in [0.25, 0.3) is 0 Å². The van der Waals surface area contributed by atoms with E-state index >= 15 is 0 Å². The molecule has 6 heteroatoms. The number of carbonyl (C=O) groups excluding carboxylic acids is 1. The molecule has 2 aromatic heterocycles. The Balaban J connectivity index is 1.66. The van der Waals surface area contributed by atoms with Gasteiger partial charge in [-0.1, -0.05) is 31.3 Å². The third-order valence-electron chi connectivity index (χ3n) is 3.14. The fourth-order valence-corrected chi connectivity index (χ4v) is 3.05. The van der Waals surface area contributed by atoms with Gasteiger partial charge in [0, 0.05) is 31.4 Å². The Morgan fingerprint density at radius 2 is 2.00 bits per heavy atom. The van der Waals surface area contributed by atoms with Gasteiger partial charge in [0.1, 0.15) is 11.6 Å². The largest absolute Gasteiger partial charge is 0.301 e. The van der Waals surface area contributed by atoms with Crippen LogP contribution in [0.5, 0.6) is 0 Å².